The second-order valence-corrected chi connectivity index (χ2v) is 8.89. The molecule has 148 valence electrons. The minimum atomic E-state index is -0.744. The Morgan fingerprint density at radius 1 is 1.26 bits per heavy atom. The molecule has 1 aromatic rings. The number of ether oxygens (including phenoxy) is 1. The van der Waals surface area contributed by atoms with E-state index in [9.17, 15) is 9.59 Å². The molecular formula is C21H31N3O3. The van der Waals surface area contributed by atoms with Gasteiger partial charge in [-0.25, -0.2) is 0 Å². The van der Waals surface area contributed by atoms with E-state index < -0.39 is 6.10 Å². The lowest BCUT2D eigenvalue weighted by atomic mass is 9.84. The van der Waals surface area contributed by atoms with E-state index in [1.165, 1.54) is 31.2 Å². The second kappa shape index (κ2) is 7.28. The molecule has 0 saturated heterocycles. The number of aromatic nitrogens is 2. The molecule has 6 atom stereocenters. The summed E-state index contributed by atoms with van der Waals surface area (Å²) in [7, 11) is 1.90. The maximum Gasteiger partial charge on any atom is 0.310 e. The highest BCUT2D eigenvalue weighted by atomic mass is 16.5. The minimum absolute atomic E-state index is 0.153. The van der Waals surface area contributed by atoms with Crippen molar-refractivity contribution in [3.63, 3.8) is 0 Å². The van der Waals surface area contributed by atoms with Crippen molar-refractivity contribution < 1.29 is 14.3 Å². The Bertz CT molecular complexity index is 728. The van der Waals surface area contributed by atoms with Crippen molar-refractivity contribution in [1.29, 1.82) is 0 Å². The lowest BCUT2D eigenvalue weighted by molar-refractivity contribution is -0.159. The molecule has 1 heterocycles. The third kappa shape index (κ3) is 3.63. The average molecular weight is 373 g/mol. The SMILES string of the molecule is CC(OC(=O)C1CCc2cnn(C)c2C1)C(=O)NC(C)C1CC2CCC1C2. The van der Waals surface area contributed by atoms with Crippen molar-refractivity contribution in [2.75, 3.05) is 0 Å². The number of fused-ring (bicyclic) bond motifs is 3. The molecule has 0 radical (unpaired) electrons. The lowest BCUT2D eigenvalue weighted by Crippen LogP contribution is -2.45. The monoisotopic (exact) mass is 373 g/mol. The molecule has 0 spiro atoms. The molecule has 6 heteroatoms. The summed E-state index contributed by atoms with van der Waals surface area (Å²) in [4.78, 5) is 25.1. The Morgan fingerprint density at radius 2 is 2.07 bits per heavy atom. The number of hydrogen-bond acceptors (Lipinski definition) is 4. The van der Waals surface area contributed by atoms with E-state index in [0.717, 1.165) is 30.4 Å². The summed E-state index contributed by atoms with van der Waals surface area (Å²) in [6.45, 7) is 3.78. The zero-order valence-electron chi connectivity index (χ0n) is 16.6. The van der Waals surface area contributed by atoms with Gasteiger partial charge in [0.25, 0.3) is 5.91 Å². The van der Waals surface area contributed by atoms with Gasteiger partial charge in [0.1, 0.15) is 0 Å². The fourth-order valence-corrected chi connectivity index (χ4v) is 5.53. The van der Waals surface area contributed by atoms with Gasteiger partial charge in [-0.3, -0.25) is 14.3 Å². The largest absolute Gasteiger partial charge is 0.452 e. The number of rotatable bonds is 5. The van der Waals surface area contributed by atoms with Gasteiger partial charge in [0.05, 0.1) is 12.1 Å². The number of nitrogens with one attached hydrogen (secondary N) is 1. The van der Waals surface area contributed by atoms with Crippen LogP contribution in [0.4, 0.5) is 0 Å². The van der Waals surface area contributed by atoms with E-state index in [4.69, 9.17) is 4.74 Å². The van der Waals surface area contributed by atoms with Crippen LogP contribution in [0.25, 0.3) is 0 Å². The molecule has 4 rings (SSSR count). The van der Waals surface area contributed by atoms with Crippen LogP contribution in [0.3, 0.4) is 0 Å². The quantitative estimate of drug-likeness (QED) is 0.805. The van der Waals surface area contributed by atoms with E-state index in [2.05, 4.69) is 17.3 Å². The maximum atomic E-state index is 12.6. The van der Waals surface area contributed by atoms with Crippen LogP contribution >= 0.6 is 0 Å². The number of hydrogen-bond donors (Lipinski definition) is 1. The van der Waals surface area contributed by atoms with Gasteiger partial charge in [-0.15, -0.1) is 0 Å². The summed E-state index contributed by atoms with van der Waals surface area (Å²) in [5.74, 6) is 1.58. The number of carbonyl (C=O) groups excluding carboxylic acids is 2. The zero-order chi connectivity index (χ0) is 19.1. The first-order chi connectivity index (χ1) is 12.9. The van der Waals surface area contributed by atoms with Crippen LogP contribution in [0.1, 0.15) is 57.2 Å². The van der Waals surface area contributed by atoms with E-state index in [0.29, 0.717) is 12.3 Å². The van der Waals surface area contributed by atoms with Gasteiger partial charge < -0.3 is 10.1 Å². The van der Waals surface area contributed by atoms with Crippen molar-refractivity contribution in [2.24, 2.45) is 30.7 Å². The number of aryl methyl sites for hydroxylation is 2. The summed E-state index contributed by atoms with van der Waals surface area (Å²) in [5.41, 5.74) is 2.32. The Labute approximate surface area is 161 Å². The Balaban J connectivity index is 1.28. The molecule has 0 aromatic carbocycles. The molecule has 0 aliphatic heterocycles. The van der Waals surface area contributed by atoms with E-state index in [1.54, 1.807) is 6.92 Å². The van der Waals surface area contributed by atoms with Crippen LogP contribution in [0.5, 0.6) is 0 Å². The standard InChI is InChI=1S/C21H31N3O3/c1-12(18-9-14-4-5-15(18)8-14)23-20(25)13(2)27-21(26)16-6-7-17-11-22-24(3)19(17)10-16/h11-16,18H,4-10H2,1-3H3,(H,23,25). The molecule has 2 saturated carbocycles. The van der Waals surface area contributed by atoms with Crippen LogP contribution in [-0.4, -0.2) is 33.8 Å². The second-order valence-electron chi connectivity index (χ2n) is 8.89. The average Bonchev–Trinajstić information content (AvgIpc) is 3.37. The van der Waals surface area contributed by atoms with E-state index in [-0.39, 0.29) is 23.8 Å². The van der Waals surface area contributed by atoms with Crippen molar-refractivity contribution >= 4 is 11.9 Å². The third-order valence-electron chi connectivity index (χ3n) is 7.15. The molecule has 6 nitrogen and oxygen atoms in total. The predicted molar refractivity (Wildman–Crippen MR) is 101 cm³/mol. The van der Waals surface area contributed by atoms with Gasteiger partial charge in [-0.1, -0.05) is 6.42 Å². The van der Waals surface area contributed by atoms with Gasteiger partial charge in [-0.05, 0) is 69.3 Å². The van der Waals surface area contributed by atoms with Crippen LogP contribution in [0, 0.1) is 23.7 Å². The van der Waals surface area contributed by atoms with Crippen LogP contribution in [0.2, 0.25) is 0 Å². The van der Waals surface area contributed by atoms with Gasteiger partial charge in [-0.2, -0.15) is 5.10 Å². The smallest absolute Gasteiger partial charge is 0.310 e. The van der Waals surface area contributed by atoms with Crippen LogP contribution in [0.15, 0.2) is 6.20 Å². The molecule has 2 fully saturated rings. The first-order valence-electron chi connectivity index (χ1n) is 10.4. The maximum absolute atomic E-state index is 12.6. The highest BCUT2D eigenvalue weighted by Crippen LogP contribution is 2.49. The molecule has 6 unspecified atom stereocenters. The Kier molecular flexibility index (Phi) is 4.99. The zero-order valence-corrected chi connectivity index (χ0v) is 16.6. The van der Waals surface area contributed by atoms with Crippen molar-refractivity contribution in [3.05, 3.63) is 17.5 Å². The summed E-state index contributed by atoms with van der Waals surface area (Å²) in [6.07, 6.45) is 8.59. The normalized spacial score (nSPS) is 31.2. The summed E-state index contributed by atoms with van der Waals surface area (Å²) in [6, 6.07) is 0.153. The van der Waals surface area contributed by atoms with Crippen molar-refractivity contribution in [2.45, 2.75) is 70.9 Å². The summed E-state index contributed by atoms with van der Waals surface area (Å²) in [5, 5.41) is 7.37. The highest BCUT2D eigenvalue weighted by Gasteiger charge is 2.42. The Morgan fingerprint density at radius 3 is 2.78 bits per heavy atom. The van der Waals surface area contributed by atoms with Crippen LogP contribution in [-0.2, 0) is 34.2 Å². The molecule has 1 aromatic heterocycles. The summed E-state index contributed by atoms with van der Waals surface area (Å²) < 4.78 is 7.36. The molecule has 2 bridgehead atoms. The fraction of sp³-hybridized carbons (Fsp3) is 0.762. The number of esters is 1. The number of amides is 1. The molecular weight excluding hydrogens is 342 g/mol. The number of nitrogens with zero attached hydrogens (tertiary/aromatic N) is 2. The number of carbonyl (C=O) groups is 2. The van der Waals surface area contributed by atoms with Gasteiger partial charge in [0.2, 0.25) is 0 Å². The minimum Gasteiger partial charge on any atom is -0.452 e. The highest BCUT2D eigenvalue weighted by molar-refractivity contribution is 5.84. The van der Waals surface area contributed by atoms with Crippen molar-refractivity contribution in [3.8, 4) is 0 Å². The van der Waals surface area contributed by atoms with Gasteiger partial charge >= 0.3 is 5.97 Å². The third-order valence-corrected chi connectivity index (χ3v) is 7.15. The van der Waals surface area contributed by atoms with E-state index >= 15 is 0 Å². The topological polar surface area (TPSA) is 73.2 Å². The molecule has 3 aliphatic carbocycles. The fourth-order valence-electron chi connectivity index (χ4n) is 5.53. The lowest BCUT2D eigenvalue weighted by Gasteiger charge is -2.29. The van der Waals surface area contributed by atoms with Crippen LogP contribution < -0.4 is 5.32 Å². The molecule has 1 amide bonds. The molecule has 3 aliphatic rings. The first kappa shape index (κ1) is 18.5. The van der Waals surface area contributed by atoms with Gasteiger partial charge in [0.15, 0.2) is 6.10 Å². The summed E-state index contributed by atoms with van der Waals surface area (Å²) >= 11 is 0. The van der Waals surface area contributed by atoms with E-state index in [1.807, 2.05) is 17.9 Å². The van der Waals surface area contributed by atoms with Crippen molar-refractivity contribution in [1.82, 2.24) is 15.1 Å². The van der Waals surface area contributed by atoms with Gasteiger partial charge in [0, 0.05) is 25.2 Å². The Hall–Kier alpha value is -1.85. The molecule has 27 heavy (non-hydrogen) atoms. The molecule has 1 N–H and O–H groups in total. The predicted octanol–water partition coefficient (Wildman–Crippen LogP) is 2.40. The first-order valence-corrected chi connectivity index (χ1v) is 10.4.